The highest BCUT2D eigenvalue weighted by Crippen LogP contribution is 2.22. The third kappa shape index (κ3) is 4.95. The molecule has 0 aromatic heterocycles. The van der Waals surface area contributed by atoms with Crippen molar-refractivity contribution in [1.29, 1.82) is 0 Å². The Labute approximate surface area is 148 Å². The van der Waals surface area contributed by atoms with Crippen LogP contribution in [0.5, 0.6) is 5.75 Å². The van der Waals surface area contributed by atoms with E-state index in [0.717, 1.165) is 4.47 Å². The second-order valence-corrected chi connectivity index (χ2v) is 7.43. The van der Waals surface area contributed by atoms with Gasteiger partial charge in [0, 0.05) is 15.1 Å². The van der Waals surface area contributed by atoms with E-state index in [1.165, 1.54) is 30.5 Å². The first kappa shape index (κ1) is 17.8. The van der Waals surface area contributed by atoms with E-state index in [1.807, 2.05) is 13.0 Å². The van der Waals surface area contributed by atoms with Crippen molar-refractivity contribution in [2.75, 3.05) is 6.61 Å². The zero-order chi connectivity index (χ0) is 16.9. The predicted molar refractivity (Wildman–Crippen MR) is 94.7 cm³/mol. The average Bonchev–Trinajstić information content (AvgIpc) is 2.50. The lowest BCUT2D eigenvalue weighted by Crippen LogP contribution is -2.18. The molecule has 2 aromatic rings. The molecule has 0 aliphatic heterocycles. The minimum atomic E-state index is -3.74. The number of hydrogen-bond donors (Lipinski definition) is 1. The second-order valence-electron chi connectivity index (χ2n) is 4.42. The highest BCUT2D eigenvalue weighted by Gasteiger charge is 2.12. The van der Waals surface area contributed by atoms with Crippen LogP contribution in [0.25, 0.3) is 0 Å². The van der Waals surface area contributed by atoms with Crippen LogP contribution in [0.3, 0.4) is 0 Å². The van der Waals surface area contributed by atoms with Gasteiger partial charge >= 0.3 is 0 Å². The lowest BCUT2D eigenvalue weighted by Gasteiger charge is -2.07. The lowest BCUT2D eigenvalue weighted by atomic mass is 10.2. The monoisotopic (exact) mass is 416 g/mol. The Bertz CT molecular complexity index is 808. The summed E-state index contributed by atoms with van der Waals surface area (Å²) in [6, 6.07) is 11.2. The van der Waals surface area contributed by atoms with Gasteiger partial charge in [-0.15, -0.1) is 0 Å². The SMILES string of the molecule is CCOc1ccc(Br)cc1C=NNS(=O)(=O)c1ccc(Cl)cc1. The Hall–Kier alpha value is -1.57. The first-order valence-electron chi connectivity index (χ1n) is 6.65. The molecule has 0 spiro atoms. The van der Waals surface area contributed by atoms with Crippen LogP contribution in [0.2, 0.25) is 5.02 Å². The fourth-order valence-electron chi connectivity index (χ4n) is 1.74. The smallest absolute Gasteiger partial charge is 0.276 e. The van der Waals surface area contributed by atoms with Crippen molar-refractivity contribution in [2.45, 2.75) is 11.8 Å². The maximum absolute atomic E-state index is 12.1. The normalized spacial score (nSPS) is 11.6. The van der Waals surface area contributed by atoms with Crippen molar-refractivity contribution in [2.24, 2.45) is 5.10 Å². The van der Waals surface area contributed by atoms with E-state index >= 15 is 0 Å². The van der Waals surface area contributed by atoms with Crippen LogP contribution in [0.4, 0.5) is 0 Å². The molecule has 2 rings (SSSR count). The van der Waals surface area contributed by atoms with Gasteiger partial charge in [0.2, 0.25) is 0 Å². The van der Waals surface area contributed by atoms with E-state index < -0.39 is 10.0 Å². The number of hydrazone groups is 1. The Morgan fingerprint density at radius 3 is 2.61 bits per heavy atom. The summed E-state index contributed by atoms with van der Waals surface area (Å²) in [5, 5.41) is 4.26. The molecule has 0 atom stereocenters. The second kappa shape index (κ2) is 7.81. The minimum Gasteiger partial charge on any atom is -0.493 e. The first-order chi connectivity index (χ1) is 10.9. The molecule has 2 aromatic carbocycles. The number of nitrogens with zero attached hydrogens (tertiary/aromatic N) is 1. The zero-order valence-electron chi connectivity index (χ0n) is 12.2. The Balaban J connectivity index is 2.18. The van der Waals surface area contributed by atoms with Gasteiger partial charge in [0.05, 0.1) is 17.7 Å². The number of hydrogen-bond acceptors (Lipinski definition) is 4. The van der Waals surface area contributed by atoms with Crippen LogP contribution in [-0.2, 0) is 10.0 Å². The summed E-state index contributed by atoms with van der Waals surface area (Å²) in [4.78, 5) is 2.24. The topological polar surface area (TPSA) is 67.8 Å². The number of nitrogens with one attached hydrogen (secondary N) is 1. The summed E-state index contributed by atoms with van der Waals surface area (Å²) < 4.78 is 30.5. The van der Waals surface area contributed by atoms with Crippen LogP contribution in [0.1, 0.15) is 12.5 Å². The fourth-order valence-corrected chi connectivity index (χ4v) is 3.03. The number of benzene rings is 2. The summed E-state index contributed by atoms with van der Waals surface area (Å²) in [7, 11) is -3.74. The summed E-state index contributed by atoms with van der Waals surface area (Å²) in [5.41, 5.74) is 0.653. The molecule has 122 valence electrons. The van der Waals surface area contributed by atoms with E-state index in [9.17, 15) is 8.42 Å². The highest BCUT2D eigenvalue weighted by molar-refractivity contribution is 9.10. The van der Waals surface area contributed by atoms with Gasteiger partial charge in [-0.1, -0.05) is 27.5 Å². The van der Waals surface area contributed by atoms with Crippen LogP contribution in [-0.4, -0.2) is 21.2 Å². The average molecular weight is 418 g/mol. The Morgan fingerprint density at radius 1 is 1.26 bits per heavy atom. The number of rotatable bonds is 6. The molecule has 0 radical (unpaired) electrons. The number of ether oxygens (including phenoxy) is 1. The molecule has 0 aliphatic rings. The summed E-state index contributed by atoms with van der Waals surface area (Å²) in [6.07, 6.45) is 1.39. The van der Waals surface area contributed by atoms with Crippen molar-refractivity contribution < 1.29 is 13.2 Å². The lowest BCUT2D eigenvalue weighted by molar-refractivity contribution is 0.339. The van der Waals surface area contributed by atoms with Gasteiger partial charge in [0.15, 0.2) is 0 Å². The molecule has 0 saturated heterocycles. The molecular formula is C15H14BrClN2O3S. The van der Waals surface area contributed by atoms with Gasteiger partial charge < -0.3 is 4.74 Å². The molecule has 0 amide bonds. The molecule has 0 fully saturated rings. The van der Waals surface area contributed by atoms with E-state index in [1.54, 1.807) is 12.1 Å². The molecule has 0 heterocycles. The minimum absolute atomic E-state index is 0.0818. The number of sulfonamides is 1. The molecule has 5 nitrogen and oxygen atoms in total. The quantitative estimate of drug-likeness (QED) is 0.574. The molecular weight excluding hydrogens is 404 g/mol. The van der Waals surface area contributed by atoms with Gasteiger partial charge in [-0.05, 0) is 49.4 Å². The van der Waals surface area contributed by atoms with Gasteiger partial charge in [-0.2, -0.15) is 13.5 Å². The van der Waals surface area contributed by atoms with Gasteiger partial charge in [-0.25, -0.2) is 4.83 Å². The van der Waals surface area contributed by atoms with E-state index in [4.69, 9.17) is 16.3 Å². The van der Waals surface area contributed by atoms with Gasteiger partial charge in [0.1, 0.15) is 5.75 Å². The molecule has 0 bridgehead atoms. The molecule has 0 saturated carbocycles. The van der Waals surface area contributed by atoms with Crippen molar-refractivity contribution in [3.8, 4) is 5.75 Å². The number of halogens is 2. The molecule has 23 heavy (non-hydrogen) atoms. The third-order valence-corrected chi connectivity index (χ3v) is 4.76. The van der Waals surface area contributed by atoms with Crippen molar-refractivity contribution in [3.05, 3.63) is 57.5 Å². The maximum Gasteiger partial charge on any atom is 0.276 e. The largest absolute Gasteiger partial charge is 0.493 e. The summed E-state index contributed by atoms with van der Waals surface area (Å²) >= 11 is 9.10. The van der Waals surface area contributed by atoms with Crippen LogP contribution in [0, 0.1) is 0 Å². The maximum atomic E-state index is 12.1. The van der Waals surface area contributed by atoms with Gasteiger partial charge in [0.25, 0.3) is 10.0 Å². The molecule has 1 N–H and O–H groups in total. The van der Waals surface area contributed by atoms with Crippen LogP contribution >= 0.6 is 27.5 Å². The summed E-state index contributed by atoms with van der Waals surface area (Å²) in [5.74, 6) is 0.616. The van der Waals surface area contributed by atoms with Crippen molar-refractivity contribution in [1.82, 2.24) is 4.83 Å². The highest BCUT2D eigenvalue weighted by atomic mass is 79.9. The zero-order valence-corrected chi connectivity index (χ0v) is 15.3. The van der Waals surface area contributed by atoms with Crippen LogP contribution in [0.15, 0.2) is 56.9 Å². The van der Waals surface area contributed by atoms with Crippen LogP contribution < -0.4 is 9.57 Å². The predicted octanol–water partition coefficient (Wildman–Crippen LogP) is 3.81. The third-order valence-electron chi connectivity index (χ3n) is 2.77. The summed E-state index contributed by atoms with van der Waals surface area (Å²) in [6.45, 7) is 2.37. The fraction of sp³-hybridized carbons (Fsp3) is 0.133. The standard InChI is InChI=1S/C15H14BrClN2O3S/c1-2-22-15-8-3-12(16)9-11(15)10-18-19-23(20,21)14-6-4-13(17)5-7-14/h3-10,19H,2H2,1H3. The molecule has 0 aliphatic carbocycles. The Kier molecular flexibility index (Phi) is 6.04. The first-order valence-corrected chi connectivity index (χ1v) is 9.30. The molecule has 8 heteroatoms. The van der Waals surface area contributed by atoms with Crippen molar-refractivity contribution in [3.63, 3.8) is 0 Å². The van der Waals surface area contributed by atoms with E-state index in [-0.39, 0.29) is 4.90 Å². The van der Waals surface area contributed by atoms with Gasteiger partial charge in [-0.3, -0.25) is 0 Å². The molecule has 0 unspecified atom stereocenters. The Morgan fingerprint density at radius 2 is 1.96 bits per heavy atom. The van der Waals surface area contributed by atoms with Crippen molar-refractivity contribution >= 4 is 43.8 Å². The van der Waals surface area contributed by atoms with E-state index in [0.29, 0.717) is 22.9 Å². The van der Waals surface area contributed by atoms with E-state index in [2.05, 4.69) is 25.9 Å².